The van der Waals surface area contributed by atoms with Crippen molar-refractivity contribution >= 4 is 0 Å². The maximum Gasteiger partial charge on any atom is 0.167 e. The molecule has 2 aromatic carbocycles. The number of aliphatic hydroxyl groups excluding tert-OH is 1. The van der Waals surface area contributed by atoms with Crippen LogP contribution in [0.3, 0.4) is 0 Å². The third-order valence-electron chi connectivity index (χ3n) is 3.32. The Bertz CT molecular complexity index is 787. The topological polar surface area (TPSA) is 60.2 Å². The minimum atomic E-state index is -0.486. The van der Waals surface area contributed by atoms with E-state index in [1.165, 1.54) is 23.9 Å². The summed E-state index contributed by atoms with van der Waals surface area (Å²) in [5, 5.41) is 17.5. The fourth-order valence-electron chi connectivity index (χ4n) is 2.27. The zero-order valence-electron chi connectivity index (χ0n) is 11.9. The van der Waals surface area contributed by atoms with Crippen molar-refractivity contribution < 1.29 is 14.2 Å². The molecule has 0 saturated heterocycles. The number of aliphatic hydroxyl groups is 1. The number of halogens is 1. The van der Waals surface area contributed by atoms with Crippen molar-refractivity contribution in [3.05, 3.63) is 60.0 Å². The summed E-state index contributed by atoms with van der Waals surface area (Å²) in [6.45, 7) is -0.247. The number of aromatic nitrogens is 3. The first-order valence-electron chi connectivity index (χ1n) is 6.69. The molecule has 22 heavy (non-hydrogen) atoms. The van der Waals surface area contributed by atoms with Crippen molar-refractivity contribution in [1.29, 1.82) is 0 Å². The zero-order valence-corrected chi connectivity index (χ0v) is 11.9. The van der Waals surface area contributed by atoms with Gasteiger partial charge in [0.2, 0.25) is 0 Å². The van der Waals surface area contributed by atoms with Crippen LogP contribution in [0.2, 0.25) is 0 Å². The Morgan fingerprint density at radius 2 is 1.95 bits per heavy atom. The second-order valence-electron chi connectivity index (χ2n) is 4.64. The van der Waals surface area contributed by atoms with Crippen LogP contribution in [-0.2, 0) is 6.61 Å². The molecule has 0 spiro atoms. The van der Waals surface area contributed by atoms with E-state index < -0.39 is 5.82 Å². The van der Waals surface area contributed by atoms with Crippen LogP contribution < -0.4 is 4.74 Å². The van der Waals surface area contributed by atoms with Crippen molar-refractivity contribution in [2.75, 3.05) is 7.11 Å². The molecule has 0 atom stereocenters. The highest BCUT2D eigenvalue weighted by molar-refractivity contribution is 5.64. The summed E-state index contributed by atoms with van der Waals surface area (Å²) >= 11 is 0. The predicted octanol–water partition coefficient (Wildman–Crippen LogP) is 2.57. The summed E-state index contributed by atoms with van der Waals surface area (Å²) in [4.78, 5) is 0. The molecule has 0 unspecified atom stereocenters. The minimum absolute atomic E-state index is 0.160. The second-order valence-corrected chi connectivity index (χ2v) is 4.64. The van der Waals surface area contributed by atoms with Gasteiger partial charge in [-0.3, -0.25) is 0 Å². The molecule has 5 nitrogen and oxygen atoms in total. The molecule has 0 bridgehead atoms. The van der Waals surface area contributed by atoms with Gasteiger partial charge < -0.3 is 9.84 Å². The van der Waals surface area contributed by atoms with E-state index in [-0.39, 0.29) is 12.4 Å². The monoisotopic (exact) mass is 299 g/mol. The smallest absolute Gasteiger partial charge is 0.167 e. The molecule has 0 radical (unpaired) electrons. The molecule has 112 valence electrons. The largest absolute Gasteiger partial charge is 0.494 e. The van der Waals surface area contributed by atoms with Gasteiger partial charge in [0.1, 0.15) is 11.4 Å². The third kappa shape index (κ3) is 2.44. The Morgan fingerprint density at radius 3 is 2.59 bits per heavy atom. The molecule has 3 aromatic rings. The highest BCUT2D eigenvalue weighted by Crippen LogP contribution is 2.27. The molecule has 1 N–H and O–H groups in total. The van der Waals surface area contributed by atoms with Gasteiger partial charge in [-0.1, -0.05) is 35.5 Å². The fraction of sp³-hybridized carbons (Fsp3) is 0.125. The first-order valence-corrected chi connectivity index (χ1v) is 6.69. The van der Waals surface area contributed by atoms with Gasteiger partial charge in [0.25, 0.3) is 0 Å². The summed E-state index contributed by atoms with van der Waals surface area (Å²) in [5.74, 6) is -0.326. The lowest BCUT2D eigenvalue weighted by Gasteiger charge is -2.09. The summed E-state index contributed by atoms with van der Waals surface area (Å²) < 4.78 is 20.3. The highest BCUT2D eigenvalue weighted by Gasteiger charge is 2.16. The van der Waals surface area contributed by atoms with Crippen LogP contribution in [0.4, 0.5) is 4.39 Å². The van der Waals surface area contributed by atoms with E-state index in [2.05, 4.69) is 10.3 Å². The van der Waals surface area contributed by atoms with E-state index in [9.17, 15) is 9.50 Å². The Morgan fingerprint density at radius 1 is 1.18 bits per heavy atom. The van der Waals surface area contributed by atoms with E-state index in [4.69, 9.17) is 4.74 Å². The third-order valence-corrected chi connectivity index (χ3v) is 3.32. The van der Waals surface area contributed by atoms with Gasteiger partial charge >= 0.3 is 0 Å². The second kappa shape index (κ2) is 5.95. The van der Waals surface area contributed by atoms with E-state index in [0.717, 1.165) is 5.56 Å². The van der Waals surface area contributed by atoms with Crippen molar-refractivity contribution in [3.63, 3.8) is 0 Å². The quantitative estimate of drug-likeness (QED) is 0.804. The number of benzene rings is 2. The molecular formula is C16H14FN3O2. The Hall–Kier alpha value is -2.73. The van der Waals surface area contributed by atoms with Gasteiger partial charge in [-0.25, -0.2) is 9.07 Å². The number of hydrogen-bond donors (Lipinski definition) is 1. The molecule has 0 aliphatic carbocycles. The molecule has 6 heteroatoms. The summed E-state index contributed by atoms with van der Waals surface area (Å²) in [6.07, 6.45) is 0. The Labute approximate surface area is 126 Å². The van der Waals surface area contributed by atoms with E-state index >= 15 is 0 Å². The Balaban J connectivity index is 2.16. The average Bonchev–Trinajstić information content (AvgIpc) is 2.99. The van der Waals surface area contributed by atoms with Crippen LogP contribution in [0, 0.1) is 5.82 Å². The van der Waals surface area contributed by atoms with Gasteiger partial charge in [-0.2, -0.15) is 0 Å². The lowest BCUT2D eigenvalue weighted by molar-refractivity contribution is 0.277. The van der Waals surface area contributed by atoms with Crippen molar-refractivity contribution in [1.82, 2.24) is 15.0 Å². The van der Waals surface area contributed by atoms with E-state index in [0.29, 0.717) is 17.1 Å². The van der Waals surface area contributed by atoms with Crippen molar-refractivity contribution in [2.45, 2.75) is 6.61 Å². The number of nitrogens with zero attached hydrogens (tertiary/aromatic N) is 3. The van der Waals surface area contributed by atoms with Crippen LogP contribution in [0.25, 0.3) is 16.9 Å². The molecule has 0 aliphatic heterocycles. The Kier molecular flexibility index (Phi) is 3.84. The molecule has 0 fully saturated rings. The summed E-state index contributed by atoms with van der Waals surface area (Å²) in [6, 6.07) is 13.9. The SMILES string of the molecule is COc1ccc(-n2nnc(CO)c2-c2ccccc2)cc1F. The molecule has 1 aromatic heterocycles. The molecule has 3 rings (SSSR count). The first kappa shape index (κ1) is 14.2. The van der Waals surface area contributed by atoms with Gasteiger partial charge in [0.15, 0.2) is 11.6 Å². The summed E-state index contributed by atoms with van der Waals surface area (Å²) in [5.41, 5.74) is 2.41. The maximum atomic E-state index is 13.9. The lowest BCUT2D eigenvalue weighted by atomic mass is 10.1. The van der Waals surface area contributed by atoms with Gasteiger partial charge in [0.05, 0.1) is 19.4 Å². The number of rotatable bonds is 4. The standard InChI is InChI=1S/C16H14FN3O2/c1-22-15-8-7-12(9-13(15)17)20-16(14(10-21)18-19-20)11-5-3-2-4-6-11/h2-9,21H,10H2,1H3. The molecular weight excluding hydrogens is 285 g/mol. The minimum Gasteiger partial charge on any atom is -0.494 e. The maximum absolute atomic E-state index is 13.9. The van der Waals surface area contributed by atoms with E-state index in [1.807, 2.05) is 30.3 Å². The van der Waals surface area contributed by atoms with Crippen molar-refractivity contribution in [3.8, 4) is 22.7 Å². The highest BCUT2D eigenvalue weighted by atomic mass is 19.1. The number of hydrogen-bond acceptors (Lipinski definition) is 4. The predicted molar refractivity (Wildman–Crippen MR) is 79.2 cm³/mol. The first-order chi connectivity index (χ1) is 10.7. The molecule has 0 saturated carbocycles. The molecule has 1 heterocycles. The fourth-order valence-corrected chi connectivity index (χ4v) is 2.27. The van der Waals surface area contributed by atoms with Crippen LogP contribution in [-0.4, -0.2) is 27.2 Å². The summed E-state index contributed by atoms with van der Waals surface area (Å²) in [7, 11) is 1.41. The van der Waals surface area contributed by atoms with Crippen LogP contribution in [0.1, 0.15) is 5.69 Å². The van der Waals surface area contributed by atoms with Crippen LogP contribution in [0.15, 0.2) is 48.5 Å². The lowest BCUT2D eigenvalue weighted by Crippen LogP contribution is -2.01. The van der Waals surface area contributed by atoms with Gasteiger partial charge in [0, 0.05) is 11.6 Å². The number of ether oxygens (including phenoxy) is 1. The van der Waals surface area contributed by atoms with Crippen LogP contribution >= 0.6 is 0 Å². The molecule has 0 aliphatic rings. The van der Waals surface area contributed by atoms with Gasteiger partial charge in [-0.05, 0) is 12.1 Å². The molecule has 0 amide bonds. The number of methoxy groups -OCH3 is 1. The average molecular weight is 299 g/mol. The van der Waals surface area contributed by atoms with E-state index in [1.54, 1.807) is 6.07 Å². The van der Waals surface area contributed by atoms with Crippen LogP contribution in [0.5, 0.6) is 5.75 Å². The normalized spacial score (nSPS) is 10.7. The zero-order chi connectivity index (χ0) is 15.5. The van der Waals surface area contributed by atoms with Crippen molar-refractivity contribution in [2.24, 2.45) is 0 Å². The van der Waals surface area contributed by atoms with Gasteiger partial charge in [-0.15, -0.1) is 5.10 Å².